The number of thiophene rings is 1. The van der Waals surface area contributed by atoms with Gasteiger partial charge in [0.25, 0.3) is 0 Å². The number of ether oxygens (including phenoxy) is 2. The van der Waals surface area contributed by atoms with Gasteiger partial charge in [0, 0.05) is 6.54 Å². The number of nitrogens with one attached hydrogen (secondary N) is 1. The number of aromatic nitrogens is 2. The molecule has 2 aromatic heterocycles. The van der Waals surface area contributed by atoms with Gasteiger partial charge in [-0.25, -0.2) is 17.8 Å². The zero-order valence-electron chi connectivity index (χ0n) is 15.7. The molecule has 1 N–H and O–H groups in total. The number of benzene rings is 2. The predicted molar refractivity (Wildman–Crippen MR) is 113 cm³/mol. The molecule has 0 unspecified atom stereocenters. The first-order valence-corrected chi connectivity index (χ1v) is 11.5. The zero-order valence-corrected chi connectivity index (χ0v) is 17.3. The lowest BCUT2D eigenvalue weighted by Gasteiger charge is -2.07. The molecule has 0 spiro atoms. The summed E-state index contributed by atoms with van der Waals surface area (Å²) in [7, 11) is -3.82. The molecule has 5 rings (SSSR count). The Morgan fingerprint density at radius 1 is 1.03 bits per heavy atom. The molecule has 4 aromatic rings. The van der Waals surface area contributed by atoms with E-state index in [1.165, 1.54) is 11.3 Å². The van der Waals surface area contributed by atoms with Crippen molar-refractivity contribution in [3.05, 3.63) is 77.8 Å². The van der Waals surface area contributed by atoms with Crippen LogP contribution in [0.15, 0.2) is 77.1 Å². The minimum atomic E-state index is -3.82. The maximum atomic E-state index is 13.2. The Hall–Kier alpha value is -3.14. The average molecular weight is 440 g/mol. The number of para-hydroxylation sites is 1. The molecule has 0 bridgehead atoms. The minimum absolute atomic E-state index is 0.124. The van der Waals surface area contributed by atoms with Crippen molar-refractivity contribution in [2.45, 2.75) is 11.4 Å². The van der Waals surface area contributed by atoms with Crippen molar-refractivity contribution in [3.63, 3.8) is 0 Å². The molecule has 1 aliphatic rings. The van der Waals surface area contributed by atoms with Gasteiger partial charge in [-0.15, -0.1) is 11.3 Å². The van der Waals surface area contributed by atoms with Gasteiger partial charge >= 0.3 is 0 Å². The van der Waals surface area contributed by atoms with Gasteiger partial charge < -0.3 is 9.47 Å². The van der Waals surface area contributed by atoms with Crippen molar-refractivity contribution in [1.82, 2.24) is 14.5 Å². The summed E-state index contributed by atoms with van der Waals surface area (Å²) in [6, 6.07) is 18.5. The van der Waals surface area contributed by atoms with Crippen LogP contribution in [0.25, 0.3) is 16.3 Å². The van der Waals surface area contributed by atoms with Crippen LogP contribution in [-0.2, 0) is 16.6 Å². The summed E-state index contributed by atoms with van der Waals surface area (Å²) < 4.78 is 41.3. The Morgan fingerprint density at radius 2 is 1.87 bits per heavy atom. The third-order valence-corrected chi connectivity index (χ3v) is 6.93. The number of hydrogen-bond acceptors (Lipinski definition) is 6. The zero-order chi connectivity index (χ0) is 20.6. The molecule has 0 atom stereocenters. The lowest BCUT2D eigenvalue weighted by molar-refractivity contribution is 0.174. The normalized spacial score (nSPS) is 12.9. The van der Waals surface area contributed by atoms with Crippen LogP contribution in [0.2, 0.25) is 0 Å². The Morgan fingerprint density at radius 3 is 2.67 bits per heavy atom. The smallest absolute Gasteiger partial charge is 0.244 e. The van der Waals surface area contributed by atoms with E-state index in [1.54, 1.807) is 23.0 Å². The third kappa shape index (κ3) is 3.58. The van der Waals surface area contributed by atoms with Crippen molar-refractivity contribution in [2.75, 3.05) is 6.79 Å². The number of sulfonamides is 1. The van der Waals surface area contributed by atoms with Crippen molar-refractivity contribution in [2.24, 2.45) is 0 Å². The number of fused-ring (bicyclic) bond motifs is 1. The number of rotatable bonds is 6. The molecule has 1 aliphatic heterocycles. The Bertz CT molecular complexity index is 1280. The van der Waals surface area contributed by atoms with Gasteiger partial charge in [0.1, 0.15) is 10.6 Å². The van der Waals surface area contributed by atoms with Crippen LogP contribution in [0.1, 0.15) is 5.56 Å². The van der Waals surface area contributed by atoms with Gasteiger partial charge in [-0.2, -0.15) is 5.10 Å². The van der Waals surface area contributed by atoms with Crippen molar-refractivity contribution in [3.8, 4) is 27.8 Å². The van der Waals surface area contributed by atoms with Gasteiger partial charge in [0.05, 0.1) is 16.8 Å². The summed E-state index contributed by atoms with van der Waals surface area (Å²) in [6.45, 7) is 0.298. The highest BCUT2D eigenvalue weighted by molar-refractivity contribution is 7.89. The highest BCUT2D eigenvalue weighted by atomic mass is 32.2. The Kier molecular flexibility index (Phi) is 4.78. The van der Waals surface area contributed by atoms with E-state index in [0.717, 1.165) is 16.1 Å². The molecule has 30 heavy (non-hydrogen) atoms. The first kappa shape index (κ1) is 18.9. The van der Waals surface area contributed by atoms with Gasteiger partial charge in [-0.05, 0) is 41.3 Å². The van der Waals surface area contributed by atoms with Crippen LogP contribution >= 0.6 is 11.3 Å². The fourth-order valence-electron chi connectivity index (χ4n) is 3.16. The first-order chi connectivity index (χ1) is 14.6. The van der Waals surface area contributed by atoms with E-state index in [9.17, 15) is 8.42 Å². The SMILES string of the molecule is O=S(=O)(NCc1ccc2c(c1)OCO2)c1cn(-c2ccccc2)nc1-c1cccs1. The lowest BCUT2D eigenvalue weighted by Crippen LogP contribution is -2.23. The Balaban J connectivity index is 1.47. The molecule has 9 heteroatoms. The van der Waals surface area contributed by atoms with Crippen LogP contribution in [0, 0.1) is 0 Å². The van der Waals surface area contributed by atoms with Gasteiger partial charge in [-0.3, -0.25) is 0 Å². The second kappa shape index (κ2) is 7.60. The average Bonchev–Trinajstić information content (AvgIpc) is 3.52. The van der Waals surface area contributed by atoms with Gasteiger partial charge in [0.2, 0.25) is 16.8 Å². The van der Waals surface area contributed by atoms with Crippen LogP contribution in [0.3, 0.4) is 0 Å². The molecule has 0 saturated heterocycles. The maximum absolute atomic E-state index is 13.2. The number of nitrogens with zero attached hydrogens (tertiary/aromatic N) is 2. The number of hydrogen-bond donors (Lipinski definition) is 1. The summed E-state index contributed by atoms with van der Waals surface area (Å²) in [5, 5.41) is 6.46. The fraction of sp³-hybridized carbons (Fsp3) is 0.0952. The molecule has 0 radical (unpaired) electrons. The summed E-state index contributed by atoms with van der Waals surface area (Å²) in [6.07, 6.45) is 1.55. The molecule has 7 nitrogen and oxygen atoms in total. The van der Waals surface area contributed by atoms with E-state index in [-0.39, 0.29) is 18.2 Å². The largest absolute Gasteiger partial charge is 0.454 e. The van der Waals surface area contributed by atoms with E-state index in [0.29, 0.717) is 17.2 Å². The molecule has 2 aromatic carbocycles. The van der Waals surface area contributed by atoms with Crippen molar-refractivity contribution in [1.29, 1.82) is 0 Å². The lowest BCUT2D eigenvalue weighted by atomic mass is 10.2. The van der Waals surface area contributed by atoms with E-state index in [1.807, 2.05) is 53.9 Å². The fourth-order valence-corrected chi connectivity index (χ4v) is 5.10. The maximum Gasteiger partial charge on any atom is 0.244 e. The van der Waals surface area contributed by atoms with Gasteiger partial charge in [0.15, 0.2) is 11.5 Å². The predicted octanol–water partition coefficient (Wildman–Crippen LogP) is 3.81. The van der Waals surface area contributed by atoms with Crippen LogP contribution in [-0.4, -0.2) is 25.0 Å². The summed E-state index contributed by atoms with van der Waals surface area (Å²) in [5.74, 6) is 1.27. The molecule has 0 amide bonds. The molecule has 3 heterocycles. The monoisotopic (exact) mass is 439 g/mol. The highest BCUT2D eigenvalue weighted by Gasteiger charge is 2.25. The molecule has 0 saturated carbocycles. The summed E-state index contributed by atoms with van der Waals surface area (Å²) in [4.78, 5) is 0.919. The van der Waals surface area contributed by atoms with Crippen LogP contribution < -0.4 is 14.2 Å². The second-order valence-electron chi connectivity index (χ2n) is 6.61. The van der Waals surface area contributed by atoms with E-state index >= 15 is 0 Å². The minimum Gasteiger partial charge on any atom is -0.454 e. The third-order valence-electron chi connectivity index (χ3n) is 4.65. The first-order valence-electron chi connectivity index (χ1n) is 9.17. The molecule has 0 fully saturated rings. The molecule has 152 valence electrons. The van der Waals surface area contributed by atoms with Crippen LogP contribution in [0.4, 0.5) is 0 Å². The molecular weight excluding hydrogens is 422 g/mol. The van der Waals surface area contributed by atoms with Gasteiger partial charge in [-0.1, -0.05) is 30.3 Å². The summed E-state index contributed by atoms with van der Waals surface area (Å²) in [5.41, 5.74) is 1.98. The van der Waals surface area contributed by atoms with Crippen molar-refractivity contribution < 1.29 is 17.9 Å². The van der Waals surface area contributed by atoms with E-state index in [4.69, 9.17) is 9.47 Å². The van der Waals surface area contributed by atoms with E-state index in [2.05, 4.69) is 9.82 Å². The van der Waals surface area contributed by atoms with Crippen LogP contribution in [0.5, 0.6) is 11.5 Å². The molecule has 0 aliphatic carbocycles. The highest BCUT2D eigenvalue weighted by Crippen LogP contribution is 2.33. The quantitative estimate of drug-likeness (QED) is 0.494. The Labute approximate surface area is 177 Å². The topological polar surface area (TPSA) is 82.5 Å². The standard InChI is InChI=1S/C21H17N3O4S2/c25-30(26,22-12-15-8-9-17-18(11-15)28-14-27-17)20-13-24(16-5-2-1-3-6-16)23-21(20)19-7-4-10-29-19/h1-11,13,22H,12,14H2. The molecular formula is C21H17N3O4S2. The van der Waals surface area contributed by atoms with Crippen molar-refractivity contribution >= 4 is 21.4 Å². The summed E-state index contributed by atoms with van der Waals surface area (Å²) >= 11 is 1.44. The second-order valence-corrected chi connectivity index (χ2v) is 9.29. The van der Waals surface area contributed by atoms with E-state index < -0.39 is 10.0 Å².